The molecule has 0 aliphatic rings. The molecule has 0 saturated heterocycles. The molecule has 0 spiro atoms. The molecule has 1 aromatic heterocycles. The van der Waals surface area contributed by atoms with Gasteiger partial charge in [-0.25, -0.2) is 0 Å². The van der Waals surface area contributed by atoms with E-state index in [1.807, 2.05) is 12.1 Å². The molecule has 0 aliphatic carbocycles. The molecule has 0 radical (unpaired) electrons. The number of fused-ring (bicyclic) bond motifs is 1. The monoisotopic (exact) mass is 215 g/mol. The Labute approximate surface area is 95.7 Å². The number of H-pyrrole nitrogens is 1. The molecular weight excluding hydrogens is 198 g/mol. The van der Waals surface area contributed by atoms with Gasteiger partial charge >= 0.3 is 0 Å². The van der Waals surface area contributed by atoms with Crippen LogP contribution in [0.4, 0.5) is 0 Å². The second-order valence-corrected chi connectivity index (χ2v) is 4.16. The molecule has 2 rings (SSSR count). The van der Waals surface area contributed by atoms with Gasteiger partial charge < -0.3 is 4.98 Å². The van der Waals surface area contributed by atoms with Crippen LogP contribution in [0.15, 0.2) is 24.4 Å². The molecule has 0 aliphatic heterocycles. The number of nitrogens with one attached hydrogen (secondary N) is 1. The maximum atomic E-state index is 10.8. The van der Waals surface area contributed by atoms with Crippen LogP contribution in [0.25, 0.3) is 10.9 Å². The fraction of sp³-hybridized carbons (Fsp3) is 0.357. The molecule has 0 bridgehead atoms. The van der Waals surface area contributed by atoms with Gasteiger partial charge in [0.25, 0.3) is 0 Å². The van der Waals surface area contributed by atoms with Crippen molar-refractivity contribution in [1.29, 1.82) is 0 Å². The van der Waals surface area contributed by atoms with Crippen molar-refractivity contribution in [1.82, 2.24) is 4.98 Å². The van der Waals surface area contributed by atoms with E-state index in [-0.39, 0.29) is 0 Å². The highest BCUT2D eigenvalue weighted by atomic mass is 16.1. The van der Waals surface area contributed by atoms with Crippen LogP contribution in [0.5, 0.6) is 0 Å². The number of aromatic nitrogens is 1. The number of aryl methyl sites for hydroxylation is 1. The molecule has 0 saturated carbocycles. The molecule has 0 unspecified atom stereocenters. The van der Waals surface area contributed by atoms with Crippen LogP contribution in [-0.4, -0.2) is 11.3 Å². The van der Waals surface area contributed by atoms with E-state index in [1.54, 1.807) is 6.20 Å². The summed E-state index contributed by atoms with van der Waals surface area (Å²) in [6.07, 6.45) is 7.50. The van der Waals surface area contributed by atoms with Crippen LogP contribution in [-0.2, 0) is 6.42 Å². The van der Waals surface area contributed by atoms with Crippen molar-refractivity contribution in [2.45, 2.75) is 32.6 Å². The highest BCUT2D eigenvalue weighted by Gasteiger charge is 2.05. The quantitative estimate of drug-likeness (QED) is 0.598. The molecule has 2 heteroatoms. The van der Waals surface area contributed by atoms with Crippen LogP contribution in [0.1, 0.15) is 42.1 Å². The molecule has 1 aromatic carbocycles. The Morgan fingerprint density at radius 2 is 2.19 bits per heavy atom. The largest absolute Gasteiger partial charge is 0.360 e. The second-order valence-electron chi connectivity index (χ2n) is 4.16. The molecule has 84 valence electrons. The number of carbonyl (C=O) groups is 1. The Morgan fingerprint density at radius 3 is 2.94 bits per heavy atom. The van der Waals surface area contributed by atoms with Crippen molar-refractivity contribution in [3.63, 3.8) is 0 Å². The second kappa shape index (κ2) is 4.97. The number of hydrogen-bond acceptors (Lipinski definition) is 1. The van der Waals surface area contributed by atoms with Gasteiger partial charge in [0.1, 0.15) is 0 Å². The minimum absolute atomic E-state index is 0.757. The lowest BCUT2D eigenvalue weighted by molar-refractivity contribution is 0.112. The third-order valence-corrected chi connectivity index (χ3v) is 3.01. The lowest BCUT2D eigenvalue weighted by Gasteiger charge is -2.02. The minimum atomic E-state index is 0.757. The lowest BCUT2D eigenvalue weighted by atomic mass is 10.0. The Bertz CT molecular complexity index is 484. The molecule has 0 fully saturated rings. The topological polar surface area (TPSA) is 32.9 Å². The molecule has 0 atom stereocenters. The third kappa shape index (κ3) is 2.01. The maximum Gasteiger partial charge on any atom is 0.152 e. The Balaban J connectivity index is 2.31. The summed E-state index contributed by atoms with van der Waals surface area (Å²) >= 11 is 0. The average molecular weight is 215 g/mol. The van der Waals surface area contributed by atoms with Gasteiger partial charge in [-0.2, -0.15) is 0 Å². The lowest BCUT2D eigenvalue weighted by Crippen LogP contribution is -1.87. The van der Waals surface area contributed by atoms with Crippen LogP contribution in [0.3, 0.4) is 0 Å². The van der Waals surface area contributed by atoms with Crippen LogP contribution >= 0.6 is 0 Å². The van der Waals surface area contributed by atoms with Crippen molar-refractivity contribution in [2.24, 2.45) is 0 Å². The van der Waals surface area contributed by atoms with Gasteiger partial charge in [-0.05, 0) is 18.4 Å². The van der Waals surface area contributed by atoms with Crippen molar-refractivity contribution in [3.05, 3.63) is 35.5 Å². The number of hydrogen-bond donors (Lipinski definition) is 1. The first kappa shape index (κ1) is 10.9. The summed E-state index contributed by atoms with van der Waals surface area (Å²) in [5.41, 5.74) is 3.20. The molecule has 2 nitrogen and oxygen atoms in total. The van der Waals surface area contributed by atoms with Gasteiger partial charge in [-0.1, -0.05) is 38.0 Å². The first-order valence-corrected chi connectivity index (χ1v) is 5.91. The van der Waals surface area contributed by atoms with E-state index in [2.05, 4.69) is 18.0 Å². The van der Waals surface area contributed by atoms with Gasteiger partial charge in [0.2, 0.25) is 0 Å². The summed E-state index contributed by atoms with van der Waals surface area (Å²) in [5.74, 6) is 0. The molecule has 0 amide bonds. The minimum Gasteiger partial charge on any atom is -0.360 e. The summed E-state index contributed by atoms with van der Waals surface area (Å²) in [7, 11) is 0. The molecule has 1 heterocycles. The fourth-order valence-electron chi connectivity index (χ4n) is 2.11. The Hall–Kier alpha value is -1.57. The first-order valence-electron chi connectivity index (χ1n) is 5.91. The summed E-state index contributed by atoms with van der Waals surface area (Å²) in [5, 5.41) is 1.05. The normalized spacial score (nSPS) is 10.8. The maximum absolute atomic E-state index is 10.8. The standard InChI is InChI=1S/C14H17NO/c1-2-3-4-6-11-7-5-8-13-12(10-16)9-15-14(11)13/h5,7-10,15H,2-4,6H2,1H3. The number of rotatable bonds is 5. The van der Waals surface area contributed by atoms with E-state index in [0.29, 0.717) is 0 Å². The highest BCUT2D eigenvalue weighted by Crippen LogP contribution is 2.22. The van der Waals surface area contributed by atoms with Crippen LogP contribution in [0, 0.1) is 0 Å². The zero-order valence-electron chi connectivity index (χ0n) is 9.62. The number of aromatic amines is 1. The number of aldehydes is 1. The summed E-state index contributed by atoms with van der Waals surface area (Å²) < 4.78 is 0. The van der Waals surface area contributed by atoms with E-state index in [4.69, 9.17) is 0 Å². The highest BCUT2D eigenvalue weighted by molar-refractivity contribution is 5.98. The zero-order chi connectivity index (χ0) is 11.4. The Kier molecular flexibility index (Phi) is 3.40. The van der Waals surface area contributed by atoms with E-state index >= 15 is 0 Å². The van der Waals surface area contributed by atoms with E-state index in [0.717, 1.165) is 29.2 Å². The van der Waals surface area contributed by atoms with Crippen molar-refractivity contribution < 1.29 is 4.79 Å². The zero-order valence-corrected chi connectivity index (χ0v) is 9.62. The summed E-state index contributed by atoms with van der Waals surface area (Å²) in [6.45, 7) is 2.21. The van der Waals surface area contributed by atoms with Gasteiger partial charge in [0.05, 0.1) is 0 Å². The Morgan fingerprint density at radius 1 is 1.31 bits per heavy atom. The van der Waals surface area contributed by atoms with Gasteiger partial charge in [0, 0.05) is 22.7 Å². The van der Waals surface area contributed by atoms with Crippen molar-refractivity contribution >= 4 is 17.2 Å². The summed E-state index contributed by atoms with van der Waals surface area (Å²) in [6, 6.07) is 6.17. The van der Waals surface area contributed by atoms with Gasteiger partial charge in [-0.3, -0.25) is 4.79 Å². The molecule has 16 heavy (non-hydrogen) atoms. The van der Waals surface area contributed by atoms with Gasteiger partial charge in [-0.15, -0.1) is 0 Å². The van der Waals surface area contributed by atoms with E-state index in [1.165, 1.54) is 24.8 Å². The predicted molar refractivity (Wildman–Crippen MR) is 66.9 cm³/mol. The smallest absolute Gasteiger partial charge is 0.152 e. The number of para-hydroxylation sites is 1. The fourth-order valence-corrected chi connectivity index (χ4v) is 2.11. The molecule has 1 N–H and O–H groups in total. The van der Waals surface area contributed by atoms with Gasteiger partial charge in [0.15, 0.2) is 6.29 Å². The number of carbonyl (C=O) groups excluding carboxylic acids is 1. The van der Waals surface area contributed by atoms with Crippen molar-refractivity contribution in [2.75, 3.05) is 0 Å². The molecular formula is C14H17NO. The molecule has 2 aromatic rings. The number of benzene rings is 1. The predicted octanol–water partition coefficient (Wildman–Crippen LogP) is 3.71. The third-order valence-electron chi connectivity index (χ3n) is 3.01. The van der Waals surface area contributed by atoms with E-state index in [9.17, 15) is 4.79 Å². The summed E-state index contributed by atoms with van der Waals surface area (Å²) in [4.78, 5) is 14.0. The van der Waals surface area contributed by atoms with Crippen LogP contribution < -0.4 is 0 Å². The van der Waals surface area contributed by atoms with Crippen LogP contribution in [0.2, 0.25) is 0 Å². The SMILES string of the molecule is CCCCCc1cccc2c(C=O)c[nH]c12. The number of unbranched alkanes of at least 4 members (excludes halogenated alkanes) is 2. The first-order chi connectivity index (χ1) is 7.86. The van der Waals surface area contributed by atoms with E-state index < -0.39 is 0 Å². The average Bonchev–Trinajstić information content (AvgIpc) is 2.73. The van der Waals surface area contributed by atoms with Crippen molar-refractivity contribution in [3.8, 4) is 0 Å².